The van der Waals surface area contributed by atoms with Crippen molar-refractivity contribution in [2.45, 2.75) is 6.92 Å². The fourth-order valence-corrected chi connectivity index (χ4v) is 2.38. The molecule has 3 rings (SSSR count). The number of carbonyl (C=O) groups excluding carboxylic acids is 2. The van der Waals surface area contributed by atoms with E-state index in [0.717, 1.165) is 5.39 Å². The van der Waals surface area contributed by atoms with Crippen LogP contribution in [0.2, 0.25) is 5.02 Å². The molecule has 0 spiro atoms. The van der Waals surface area contributed by atoms with Crippen LogP contribution in [0, 0.1) is 0 Å². The molecular formula is C17H13ClN2O3. The van der Waals surface area contributed by atoms with Crippen LogP contribution in [0.15, 0.2) is 52.9 Å². The molecule has 1 aromatic heterocycles. The van der Waals surface area contributed by atoms with E-state index in [0.29, 0.717) is 22.0 Å². The Balaban J connectivity index is 1.81. The van der Waals surface area contributed by atoms with Gasteiger partial charge in [-0.2, -0.15) is 0 Å². The number of hydrogen-bond donors (Lipinski definition) is 2. The summed E-state index contributed by atoms with van der Waals surface area (Å²) in [5.41, 5.74) is 1.75. The average molecular weight is 329 g/mol. The number of hydrogen-bond acceptors (Lipinski definition) is 3. The molecule has 0 radical (unpaired) electrons. The quantitative estimate of drug-likeness (QED) is 0.753. The number of furan rings is 1. The Hall–Kier alpha value is -2.79. The normalized spacial score (nSPS) is 10.5. The van der Waals surface area contributed by atoms with Gasteiger partial charge >= 0.3 is 0 Å². The van der Waals surface area contributed by atoms with Crippen LogP contribution >= 0.6 is 11.6 Å². The minimum Gasteiger partial charge on any atom is -0.451 e. The Bertz CT molecular complexity index is 902. The number of halogens is 1. The van der Waals surface area contributed by atoms with Gasteiger partial charge < -0.3 is 15.1 Å². The number of benzene rings is 2. The molecule has 0 saturated heterocycles. The standard InChI is InChI=1S/C17H13ClN2O3/c1-10(21)19-13-3-2-4-14(9-13)20-17(22)16-8-11-7-12(18)5-6-15(11)23-16/h2-9H,1H3,(H,19,21)(H,20,22). The zero-order valence-corrected chi connectivity index (χ0v) is 13.0. The second-order valence-electron chi connectivity index (χ2n) is 5.01. The number of rotatable bonds is 3. The smallest absolute Gasteiger partial charge is 0.291 e. The highest BCUT2D eigenvalue weighted by Crippen LogP contribution is 2.24. The van der Waals surface area contributed by atoms with Crippen LogP contribution in [-0.2, 0) is 4.79 Å². The summed E-state index contributed by atoms with van der Waals surface area (Å²) in [6.45, 7) is 1.42. The summed E-state index contributed by atoms with van der Waals surface area (Å²) < 4.78 is 5.51. The van der Waals surface area contributed by atoms with Gasteiger partial charge in [-0.3, -0.25) is 9.59 Å². The number of amides is 2. The molecule has 0 saturated carbocycles. The number of anilines is 2. The van der Waals surface area contributed by atoms with Crippen molar-refractivity contribution in [3.05, 3.63) is 59.3 Å². The van der Waals surface area contributed by atoms with Crippen LogP contribution in [0.4, 0.5) is 11.4 Å². The first-order valence-electron chi connectivity index (χ1n) is 6.89. The average Bonchev–Trinajstić information content (AvgIpc) is 2.90. The largest absolute Gasteiger partial charge is 0.451 e. The summed E-state index contributed by atoms with van der Waals surface area (Å²) >= 11 is 5.92. The van der Waals surface area contributed by atoms with E-state index < -0.39 is 0 Å². The molecule has 23 heavy (non-hydrogen) atoms. The van der Waals surface area contributed by atoms with Gasteiger partial charge in [-0.25, -0.2) is 0 Å². The van der Waals surface area contributed by atoms with Gasteiger partial charge in [-0.1, -0.05) is 17.7 Å². The molecule has 2 amide bonds. The van der Waals surface area contributed by atoms with E-state index in [9.17, 15) is 9.59 Å². The zero-order valence-electron chi connectivity index (χ0n) is 12.2. The van der Waals surface area contributed by atoms with Crippen molar-refractivity contribution in [3.63, 3.8) is 0 Å². The van der Waals surface area contributed by atoms with E-state index >= 15 is 0 Å². The second kappa shape index (κ2) is 6.14. The summed E-state index contributed by atoms with van der Waals surface area (Å²) in [6.07, 6.45) is 0. The van der Waals surface area contributed by atoms with Gasteiger partial charge in [-0.05, 0) is 42.5 Å². The van der Waals surface area contributed by atoms with Gasteiger partial charge in [0.05, 0.1) is 0 Å². The topological polar surface area (TPSA) is 71.3 Å². The maximum atomic E-state index is 12.3. The molecular weight excluding hydrogens is 316 g/mol. The van der Waals surface area contributed by atoms with Crippen LogP contribution in [0.3, 0.4) is 0 Å². The predicted molar refractivity (Wildman–Crippen MR) is 89.9 cm³/mol. The third kappa shape index (κ3) is 3.52. The van der Waals surface area contributed by atoms with Crippen LogP contribution in [0.25, 0.3) is 11.0 Å². The third-order valence-electron chi connectivity index (χ3n) is 3.14. The second-order valence-corrected chi connectivity index (χ2v) is 5.45. The molecule has 0 unspecified atom stereocenters. The summed E-state index contributed by atoms with van der Waals surface area (Å²) in [5, 5.41) is 6.72. The molecule has 0 fully saturated rings. The van der Waals surface area contributed by atoms with Crippen molar-refractivity contribution in [2.75, 3.05) is 10.6 Å². The molecule has 0 bridgehead atoms. The minimum absolute atomic E-state index is 0.178. The van der Waals surface area contributed by atoms with Crippen LogP contribution in [0.1, 0.15) is 17.5 Å². The van der Waals surface area contributed by atoms with Crippen molar-refractivity contribution in [3.8, 4) is 0 Å². The van der Waals surface area contributed by atoms with Crippen molar-refractivity contribution in [2.24, 2.45) is 0 Å². The van der Waals surface area contributed by atoms with Crippen LogP contribution in [0.5, 0.6) is 0 Å². The van der Waals surface area contributed by atoms with Crippen molar-refractivity contribution < 1.29 is 14.0 Å². The number of carbonyl (C=O) groups is 2. The molecule has 3 aromatic rings. The first kappa shape index (κ1) is 15.1. The van der Waals surface area contributed by atoms with Gasteiger partial charge in [0, 0.05) is 28.7 Å². The molecule has 2 N–H and O–H groups in total. The third-order valence-corrected chi connectivity index (χ3v) is 3.38. The maximum absolute atomic E-state index is 12.3. The van der Waals surface area contributed by atoms with Crippen LogP contribution in [-0.4, -0.2) is 11.8 Å². The Morgan fingerprint density at radius 2 is 1.74 bits per heavy atom. The molecule has 5 nitrogen and oxygen atoms in total. The lowest BCUT2D eigenvalue weighted by molar-refractivity contribution is -0.114. The fraction of sp³-hybridized carbons (Fsp3) is 0.0588. The first-order chi connectivity index (χ1) is 11.0. The molecule has 0 aliphatic rings. The Morgan fingerprint density at radius 1 is 1.00 bits per heavy atom. The van der Waals surface area contributed by atoms with Gasteiger partial charge in [-0.15, -0.1) is 0 Å². The van der Waals surface area contributed by atoms with Crippen molar-refractivity contribution in [1.29, 1.82) is 0 Å². The molecule has 2 aromatic carbocycles. The van der Waals surface area contributed by atoms with Crippen molar-refractivity contribution >= 4 is 45.8 Å². The molecule has 0 aliphatic carbocycles. The number of fused-ring (bicyclic) bond motifs is 1. The fourth-order valence-electron chi connectivity index (χ4n) is 2.20. The van der Waals surface area contributed by atoms with E-state index in [-0.39, 0.29) is 17.6 Å². The van der Waals surface area contributed by atoms with Gasteiger partial charge in [0.25, 0.3) is 5.91 Å². The molecule has 6 heteroatoms. The Kier molecular flexibility index (Phi) is 4.04. The molecule has 0 aliphatic heterocycles. The summed E-state index contributed by atoms with van der Waals surface area (Å²) in [6, 6.07) is 13.6. The van der Waals surface area contributed by atoms with Crippen molar-refractivity contribution in [1.82, 2.24) is 0 Å². The Morgan fingerprint density at radius 3 is 2.48 bits per heavy atom. The molecule has 0 atom stereocenters. The summed E-state index contributed by atoms with van der Waals surface area (Å²) in [7, 11) is 0. The SMILES string of the molecule is CC(=O)Nc1cccc(NC(=O)c2cc3cc(Cl)ccc3o2)c1. The van der Waals surface area contributed by atoms with Gasteiger partial charge in [0.1, 0.15) is 5.58 Å². The van der Waals surface area contributed by atoms with E-state index in [1.54, 1.807) is 48.5 Å². The monoisotopic (exact) mass is 328 g/mol. The highest BCUT2D eigenvalue weighted by molar-refractivity contribution is 6.31. The molecule has 1 heterocycles. The van der Waals surface area contributed by atoms with E-state index in [1.807, 2.05) is 0 Å². The summed E-state index contributed by atoms with van der Waals surface area (Å²) in [5.74, 6) is -0.368. The number of nitrogens with one attached hydrogen (secondary N) is 2. The lowest BCUT2D eigenvalue weighted by Crippen LogP contribution is -2.11. The summed E-state index contributed by atoms with van der Waals surface area (Å²) in [4.78, 5) is 23.3. The van der Waals surface area contributed by atoms with E-state index in [2.05, 4.69) is 10.6 Å². The zero-order chi connectivity index (χ0) is 16.4. The lowest BCUT2D eigenvalue weighted by Gasteiger charge is -2.06. The lowest BCUT2D eigenvalue weighted by atomic mass is 10.2. The molecule has 116 valence electrons. The van der Waals surface area contributed by atoms with E-state index in [1.165, 1.54) is 6.92 Å². The highest BCUT2D eigenvalue weighted by atomic mass is 35.5. The van der Waals surface area contributed by atoms with Gasteiger partial charge in [0.2, 0.25) is 5.91 Å². The van der Waals surface area contributed by atoms with Crippen LogP contribution < -0.4 is 10.6 Å². The first-order valence-corrected chi connectivity index (χ1v) is 7.27. The minimum atomic E-state index is -0.378. The Labute approximate surface area is 137 Å². The predicted octanol–water partition coefficient (Wildman–Crippen LogP) is 4.30. The maximum Gasteiger partial charge on any atom is 0.291 e. The van der Waals surface area contributed by atoms with E-state index in [4.69, 9.17) is 16.0 Å². The van der Waals surface area contributed by atoms with Gasteiger partial charge in [0.15, 0.2) is 5.76 Å². The highest BCUT2D eigenvalue weighted by Gasteiger charge is 2.13.